The zero-order chi connectivity index (χ0) is 13.8. The summed E-state index contributed by atoms with van der Waals surface area (Å²) in [4.78, 5) is 25.9. The highest BCUT2D eigenvalue weighted by atomic mass is 32.2. The number of carbonyl (C=O) groups excluding carboxylic acids is 2. The highest BCUT2D eigenvalue weighted by Crippen LogP contribution is 2.21. The van der Waals surface area contributed by atoms with Gasteiger partial charge < -0.3 is 10.2 Å². The van der Waals surface area contributed by atoms with Crippen LogP contribution in [-0.2, 0) is 9.59 Å². The lowest BCUT2D eigenvalue weighted by Gasteiger charge is -2.42. The van der Waals surface area contributed by atoms with Crippen molar-refractivity contribution in [1.82, 2.24) is 10.2 Å². The molecule has 0 aliphatic carbocycles. The van der Waals surface area contributed by atoms with Crippen molar-refractivity contribution >= 4 is 23.6 Å². The average Bonchev–Trinajstić information content (AvgIpc) is 2.34. The van der Waals surface area contributed by atoms with Crippen molar-refractivity contribution in [1.29, 1.82) is 0 Å². The van der Waals surface area contributed by atoms with Crippen LogP contribution in [0.4, 0.5) is 0 Å². The SMILES string of the molecule is CCSCCC(C)N1CC(=O)NC(C)(CC)C1=O. The summed E-state index contributed by atoms with van der Waals surface area (Å²) >= 11 is 1.87. The summed E-state index contributed by atoms with van der Waals surface area (Å²) in [5.74, 6) is 2.13. The van der Waals surface area contributed by atoms with Crippen LogP contribution in [0.15, 0.2) is 0 Å². The van der Waals surface area contributed by atoms with Gasteiger partial charge in [0.2, 0.25) is 11.8 Å². The van der Waals surface area contributed by atoms with Crippen LogP contribution in [0.25, 0.3) is 0 Å². The number of nitrogens with zero attached hydrogens (tertiary/aromatic N) is 1. The van der Waals surface area contributed by atoms with Crippen molar-refractivity contribution in [3.8, 4) is 0 Å². The third-order valence-electron chi connectivity index (χ3n) is 3.59. The van der Waals surface area contributed by atoms with Gasteiger partial charge in [-0.25, -0.2) is 0 Å². The van der Waals surface area contributed by atoms with Crippen LogP contribution >= 0.6 is 11.8 Å². The lowest BCUT2D eigenvalue weighted by atomic mass is 9.93. The first-order valence-corrected chi connectivity index (χ1v) is 7.80. The number of rotatable bonds is 6. The van der Waals surface area contributed by atoms with E-state index in [-0.39, 0.29) is 24.4 Å². The maximum absolute atomic E-state index is 12.4. The number of piperazine rings is 1. The Hall–Kier alpha value is -0.710. The maximum atomic E-state index is 12.4. The molecule has 104 valence electrons. The van der Waals surface area contributed by atoms with Gasteiger partial charge in [0.25, 0.3) is 0 Å². The minimum absolute atomic E-state index is 0.0473. The van der Waals surface area contributed by atoms with Gasteiger partial charge in [0, 0.05) is 6.04 Å². The molecule has 0 aromatic carbocycles. The summed E-state index contributed by atoms with van der Waals surface area (Å²) in [7, 11) is 0. The highest BCUT2D eigenvalue weighted by Gasteiger charge is 2.42. The van der Waals surface area contributed by atoms with Gasteiger partial charge >= 0.3 is 0 Å². The predicted octanol–water partition coefficient (Wildman–Crippen LogP) is 1.65. The smallest absolute Gasteiger partial charge is 0.248 e. The van der Waals surface area contributed by atoms with Gasteiger partial charge in [0.15, 0.2) is 0 Å². The second-order valence-electron chi connectivity index (χ2n) is 5.00. The lowest BCUT2D eigenvalue weighted by molar-refractivity contribution is -0.151. The Kier molecular flexibility index (Phi) is 5.50. The first-order chi connectivity index (χ1) is 8.44. The van der Waals surface area contributed by atoms with Crippen LogP contribution in [0.1, 0.15) is 40.5 Å². The number of hydrogen-bond acceptors (Lipinski definition) is 3. The molecule has 1 saturated heterocycles. The molecule has 1 N–H and O–H groups in total. The number of carbonyl (C=O) groups is 2. The number of hydrogen-bond donors (Lipinski definition) is 1. The highest BCUT2D eigenvalue weighted by molar-refractivity contribution is 7.99. The second kappa shape index (κ2) is 6.45. The van der Waals surface area contributed by atoms with E-state index >= 15 is 0 Å². The molecular weight excluding hydrogens is 248 g/mol. The van der Waals surface area contributed by atoms with Crippen LogP contribution in [-0.4, -0.2) is 46.3 Å². The van der Waals surface area contributed by atoms with Gasteiger partial charge in [-0.2, -0.15) is 11.8 Å². The summed E-state index contributed by atoms with van der Waals surface area (Å²) in [5, 5.41) is 2.81. The Morgan fingerprint density at radius 3 is 2.67 bits per heavy atom. The molecule has 0 saturated carbocycles. The summed E-state index contributed by atoms with van der Waals surface area (Å²) in [5.41, 5.74) is -0.721. The minimum atomic E-state index is -0.721. The topological polar surface area (TPSA) is 49.4 Å². The van der Waals surface area contributed by atoms with Gasteiger partial charge in [-0.1, -0.05) is 13.8 Å². The molecule has 1 aliphatic rings. The fourth-order valence-corrected chi connectivity index (χ4v) is 2.89. The minimum Gasteiger partial charge on any atom is -0.340 e. The number of thioether (sulfide) groups is 1. The quantitative estimate of drug-likeness (QED) is 0.748. The Balaban J connectivity index is 2.68. The molecule has 2 amide bonds. The summed E-state index contributed by atoms with van der Waals surface area (Å²) in [6.07, 6.45) is 1.57. The fourth-order valence-electron chi connectivity index (χ4n) is 2.09. The molecule has 4 nitrogen and oxygen atoms in total. The summed E-state index contributed by atoms with van der Waals surface area (Å²) in [6, 6.07) is 0.133. The molecule has 5 heteroatoms. The molecule has 18 heavy (non-hydrogen) atoms. The van der Waals surface area contributed by atoms with Crippen molar-refractivity contribution in [2.45, 2.75) is 52.1 Å². The van der Waals surface area contributed by atoms with E-state index in [2.05, 4.69) is 12.2 Å². The molecule has 2 atom stereocenters. The Bertz CT molecular complexity index is 322. The molecular formula is C13H24N2O2S. The van der Waals surface area contributed by atoms with Crippen LogP contribution in [0.5, 0.6) is 0 Å². The number of amides is 2. The van der Waals surface area contributed by atoms with E-state index in [1.54, 1.807) is 4.90 Å². The molecule has 0 bridgehead atoms. The Morgan fingerprint density at radius 1 is 1.44 bits per heavy atom. The van der Waals surface area contributed by atoms with E-state index in [1.165, 1.54) is 0 Å². The van der Waals surface area contributed by atoms with E-state index in [4.69, 9.17) is 0 Å². The zero-order valence-corrected chi connectivity index (χ0v) is 12.6. The molecule has 1 heterocycles. The third kappa shape index (κ3) is 3.40. The van der Waals surface area contributed by atoms with E-state index < -0.39 is 5.54 Å². The van der Waals surface area contributed by atoms with Gasteiger partial charge in [-0.3, -0.25) is 9.59 Å². The monoisotopic (exact) mass is 272 g/mol. The van der Waals surface area contributed by atoms with Gasteiger partial charge in [0.05, 0.1) is 6.54 Å². The molecule has 0 spiro atoms. The van der Waals surface area contributed by atoms with Crippen molar-refractivity contribution in [3.05, 3.63) is 0 Å². The molecule has 0 radical (unpaired) electrons. The van der Waals surface area contributed by atoms with Crippen LogP contribution < -0.4 is 5.32 Å². The normalized spacial score (nSPS) is 26.1. The van der Waals surface area contributed by atoms with Gasteiger partial charge in [0.1, 0.15) is 5.54 Å². The lowest BCUT2D eigenvalue weighted by Crippen LogP contribution is -2.66. The average molecular weight is 272 g/mol. The Morgan fingerprint density at radius 2 is 2.11 bits per heavy atom. The second-order valence-corrected chi connectivity index (χ2v) is 6.40. The maximum Gasteiger partial charge on any atom is 0.248 e. The fraction of sp³-hybridized carbons (Fsp3) is 0.846. The van der Waals surface area contributed by atoms with Crippen LogP contribution in [0.2, 0.25) is 0 Å². The van der Waals surface area contributed by atoms with Crippen LogP contribution in [0, 0.1) is 0 Å². The van der Waals surface area contributed by atoms with E-state index in [1.807, 2.05) is 32.5 Å². The van der Waals surface area contributed by atoms with Gasteiger partial charge in [-0.05, 0) is 38.2 Å². The van der Waals surface area contributed by atoms with E-state index in [9.17, 15) is 9.59 Å². The van der Waals surface area contributed by atoms with Crippen molar-refractivity contribution in [3.63, 3.8) is 0 Å². The van der Waals surface area contributed by atoms with Crippen LogP contribution in [0.3, 0.4) is 0 Å². The van der Waals surface area contributed by atoms with Crippen molar-refractivity contribution in [2.24, 2.45) is 0 Å². The third-order valence-corrected chi connectivity index (χ3v) is 4.52. The van der Waals surface area contributed by atoms with Crippen molar-refractivity contribution in [2.75, 3.05) is 18.1 Å². The van der Waals surface area contributed by atoms with Gasteiger partial charge in [-0.15, -0.1) is 0 Å². The van der Waals surface area contributed by atoms with Crippen molar-refractivity contribution < 1.29 is 9.59 Å². The molecule has 2 unspecified atom stereocenters. The zero-order valence-electron chi connectivity index (χ0n) is 11.8. The Labute approximate surface area is 114 Å². The molecule has 0 aromatic rings. The summed E-state index contributed by atoms with van der Waals surface area (Å²) in [6.45, 7) is 8.10. The molecule has 1 aliphatic heterocycles. The molecule has 1 rings (SSSR count). The molecule has 1 fully saturated rings. The first-order valence-electron chi connectivity index (χ1n) is 6.64. The number of nitrogens with one attached hydrogen (secondary N) is 1. The standard InChI is InChI=1S/C13H24N2O2S/c1-5-13(4)12(17)15(9-11(16)14-13)10(3)7-8-18-6-2/h10H,5-9H2,1-4H3,(H,14,16). The predicted molar refractivity (Wildman–Crippen MR) is 75.6 cm³/mol. The first kappa shape index (κ1) is 15.3. The summed E-state index contributed by atoms with van der Waals surface area (Å²) < 4.78 is 0. The molecule has 0 aromatic heterocycles. The van der Waals surface area contributed by atoms with E-state index in [0.717, 1.165) is 17.9 Å². The van der Waals surface area contributed by atoms with E-state index in [0.29, 0.717) is 6.42 Å². The largest absolute Gasteiger partial charge is 0.340 e.